The average Bonchev–Trinajstić information content (AvgIpc) is 2.39. The molecular formula is C13H18N2O6S. The highest BCUT2D eigenvalue weighted by Gasteiger charge is 2.30. The largest absolute Gasteiger partial charge is 0.480 e. The number of carboxylic acids is 1. The average molecular weight is 330 g/mol. The van der Waals surface area contributed by atoms with Crippen LogP contribution in [0.4, 0.5) is 5.69 Å². The van der Waals surface area contributed by atoms with Gasteiger partial charge in [0.25, 0.3) is 5.69 Å². The number of aliphatic carboxylic acids is 1. The van der Waals surface area contributed by atoms with Crippen LogP contribution in [-0.4, -0.2) is 41.8 Å². The van der Waals surface area contributed by atoms with Crippen molar-refractivity contribution < 1.29 is 23.2 Å². The van der Waals surface area contributed by atoms with Gasteiger partial charge in [0.2, 0.25) is 10.0 Å². The molecule has 0 fully saturated rings. The number of hydrogen-bond donors (Lipinski definition) is 1. The second-order valence-corrected chi connectivity index (χ2v) is 6.80. The number of nitro benzene ring substituents is 1. The summed E-state index contributed by atoms with van der Waals surface area (Å²) in [4.78, 5) is 21.0. The number of nitro groups is 1. The third-order valence-electron chi connectivity index (χ3n) is 3.08. The van der Waals surface area contributed by atoms with Crippen molar-refractivity contribution in [3.63, 3.8) is 0 Å². The van der Waals surface area contributed by atoms with Gasteiger partial charge in [-0.05, 0) is 31.9 Å². The second kappa shape index (κ2) is 6.84. The Bertz CT molecular complexity index is 699. The molecule has 22 heavy (non-hydrogen) atoms. The van der Waals surface area contributed by atoms with Gasteiger partial charge in [-0.3, -0.25) is 14.9 Å². The van der Waals surface area contributed by atoms with E-state index in [1.807, 2.05) is 0 Å². The Kier molecular flexibility index (Phi) is 5.61. The second-order valence-electron chi connectivity index (χ2n) is 4.90. The summed E-state index contributed by atoms with van der Waals surface area (Å²) in [5, 5.41) is 19.9. The Labute approximate surface area is 128 Å². The van der Waals surface area contributed by atoms with Crippen molar-refractivity contribution in [3.8, 4) is 0 Å². The summed E-state index contributed by atoms with van der Waals surface area (Å²) in [6.45, 7) is 3.95. The van der Waals surface area contributed by atoms with E-state index in [9.17, 15) is 23.3 Å². The van der Waals surface area contributed by atoms with Crippen LogP contribution >= 0.6 is 0 Å². The van der Waals surface area contributed by atoms with Crippen molar-refractivity contribution in [1.82, 2.24) is 4.31 Å². The number of rotatable bonds is 7. The van der Waals surface area contributed by atoms with Crippen molar-refractivity contribution in [1.29, 1.82) is 0 Å². The van der Waals surface area contributed by atoms with E-state index in [4.69, 9.17) is 5.11 Å². The van der Waals surface area contributed by atoms with Crippen LogP contribution in [0, 0.1) is 24.0 Å². The highest BCUT2D eigenvalue weighted by Crippen LogP contribution is 2.29. The van der Waals surface area contributed by atoms with Gasteiger partial charge in [0.15, 0.2) is 0 Å². The van der Waals surface area contributed by atoms with E-state index in [0.717, 1.165) is 4.31 Å². The standard InChI is InChI=1S/C13H18N2O6S/c1-4-5-14(8-13(16)17)22(20,21)12-7-9(2)6-11(10(12)3)15(18)19/h6-7H,4-5,8H2,1-3H3,(H,16,17). The molecule has 0 amide bonds. The van der Waals surface area contributed by atoms with Crippen LogP contribution in [0.2, 0.25) is 0 Å². The number of benzene rings is 1. The molecular weight excluding hydrogens is 312 g/mol. The molecule has 1 aromatic rings. The van der Waals surface area contributed by atoms with Crippen molar-refractivity contribution >= 4 is 21.7 Å². The van der Waals surface area contributed by atoms with E-state index in [1.165, 1.54) is 19.1 Å². The number of sulfonamides is 1. The van der Waals surface area contributed by atoms with Crippen molar-refractivity contribution in [3.05, 3.63) is 33.4 Å². The van der Waals surface area contributed by atoms with Gasteiger partial charge in [0.1, 0.15) is 6.54 Å². The fourth-order valence-electron chi connectivity index (χ4n) is 2.09. The molecule has 1 aromatic carbocycles. The molecule has 0 aliphatic carbocycles. The van der Waals surface area contributed by atoms with Crippen LogP contribution in [0.5, 0.6) is 0 Å². The number of carbonyl (C=O) groups is 1. The first-order chi connectivity index (χ1) is 10.1. The third kappa shape index (κ3) is 3.80. The van der Waals surface area contributed by atoms with Gasteiger partial charge in [-0.15, -0.1) is 0 Å². The fourth-order valence-corrected chi connectivity index (χ4v) is 3.90. The van der Waals surface area contributed by atoms with Crippen molar-refractivity contribution in [2.24, 2.45) is 0 Å². The maximum absolute atomic E-state index is 12.6. The molecule has 0 unspecified atom stereocenters. The summed E-state index contributed by atoms with van der Waals surface area (Å²) in [6.07, 6.45) is 0.430. The summed E-state index contributed by atoms with van der Waals surface area (Å²) in [6, 6.07) is 2.61. The van der Waals surface area contributed by atoms with Gasteiger partial charge in [-0.25, -0.2) is 8.42 Å². The minimum atomic E-state index is -4.12. The SMILES string of the molecule is CCCN(CC(=O)O)S(=O)(=O)c1cc(C)cc([N+](=O)[O-])c1C. The van der Waals surface area contributed by atoms with Crippen LogP contribution in [0.3, 0.4) is 0 Å². The Balaban J connectivity index is 3.49. The lowest BCUT2D eigenvalue weighted by Gasteiger charge is -2.21. The highest BCUT2D eigenvalue weighted by atomic mass is 32.2. The van der Waals surface area contributed by atoms with Gasteiger partial charge in [-0.2, -0.15) is 4.31 Å². The number of hydrogen-bond acceptors (Lipinski definition) is 5. The molecule has 1 N–H and O–H groups in total. The predicted molar refractivity (Wildman–Crippen MR) is 79.3 cm³/mol. The molecule has 0 saturated carbocycles. The summed E-state index contributed by atoms with van der Waals surface area (Å²) < 4.78 is 26.1. The molecule has 0 bridgehead atoms. The van der Waals surface area contributed by atoms with Gasteiger partial charge in [0.05, 0.1) is 9.82 Å². The maximum Gasteiger partial charge on any atom is 0.318 e. The van der Waals surface area contributed by atoms with E-state index in [1.54, 1.807) is 13.8 Å². The quantitative estimate of drug-likeness (QED) is 0.600. The molecule has 0 aliphatic heterocycles. The molecule has 0 atom stereocenters. The topological polar surface area (TPSA) is 118 Å². The van der Waals surface area contributed by atoms with Crippen LogP contribution in [0.15, 0.2) is 17.0 Å². The molecule has 1 rings (SSSR count). The highest BCUT2D eigenvalue weighted by molar-refractivity contribution is 7.89. The molecule has 122 valence electrons. The molecule has 0 radical (unpaired) electrons. The van der Waals surface area contributed by atoms with Crippen LogP contribution < -0.4 is 0 Å². The summed E-state index contributed by atoms with van der Waals surface area (Å²) in [7, 11) is -4.12. The zero-order valence-corrected chi connectivity index (χ0v) is 13.4. The summed E-state index contributed by atoms with van der Waals surface area (Å²) in [5.41, 5.74) is 0.120. The van der Waals surface area contributed by atoms with Crippen LogP contribution in [-0.2, 0) is 14.8 Å². The van der Waals surface area contributed by atoms with Crippen molar-refractivity contribution in [2.45, 2.75) is 32.1 Å². The van der Waals surface area contributed by atoms with Gasteiger partial charge in [-0.1, -0.05) is 6.92 Å². The molecule has 0 spiro atoms. The van der Waals surface area contributed by atoms with Crippen molar-refractivity contribution in [2.75, 3.05) is 13.1 Å². The third-order valence-corrected chi connectivity index (χ3v) is 5.05. The van der Waals surface area contributed by atoms with E-state index in [-0.39, 0.29) is 22.7 Å². The smallest absolute Gasteiger partial charge is 0.318 e. The van der Waals surface area contributed by atoms with Gasteiger partial charge < -0.3 is 5.11 Å². The number of aryl methyl sites for hydroxylation is 1. The Morgan fingerprint density at radius 3 is 2.41 bits per heavy atom. The van der Waals surface area contributed by atoms with Crippen LogP contribution in [0.25, 0.3) is 0 Å². The molecule has 9 heteroatoms. The lowest BCUT2D eigenvalue weighted by atomic mass is 10.1. The maximum atomic E-state index is 12.6. The Hall–Kier alpha value is -2.00. The molecule has 8 nitrogen and oxygen atoms in total. The minimum absolute atomic E-state index is 0.00194. The van der Waals surface area contributed by atoms with Crippen LogP contribution in [0.1, 0.15) is 24.5 Å². The van der Waals surface area contributed by atoms with E-state index in [2.05, 4.69) is 0 Å². The predicted octanol–water partition coefficient (Wildman–Crippen LogP) is 1.70. The minimum Gasteiger partial charge on any atom is -0.480 e. The normalized spacial score (nSPS) is 11.6. The Morgan fingerprint density at radius 1 is 1.36 bits per heavy atom. The molecule has 0 heterocycles. The summed E-state index contributed by atoms with van der Waals surface area (Å²) >= 11 is 0. The zero-order valence-electron chi connectivity index (χ0n) is 12.6. The number of nitrogens with zero attached hydrogens (tertiary/aromatic N) is 2. The number of carboxylic acid groups (broad SMARTS) is 1. The van der Waals surface area contributed by atoms with E-state index >= 15 is 0 Å². The molecule has 0 saturated heterocycles. The first-order valence-corrected chi connectivity index (χ1v) is 8.02. The first-order valence-electron chi connectivity index (χ1n) is 6.58. The van der Waals surface area contributed by atoms with E-state index in [0.29, 0.717) is 12.0 Å². The first kappa shape index (κ1) is 18.1. The molecule has 0 aliphatic rings. The molecule has 0 aromatic heterocycles. The lowest BCUT2D eigenvalue weighted by Crippen LogP contribution is -2.36. The van der Waals surface area contributed by atoms with E-state index < -0.39 is 27.5 Å². The lowest BCUT2D eigenvalue weighted by molar-refractivity contribution is -0.385. The Morgan fingerprint density at radius 2 is 1.95 bits per heavy atom. The van der Waals surface area contributed by atoms with Gasteiger partial charge >= 0.3 is 5.97 Å². The zero-order chi connectivity index (χ0) is 17.1. The fraction of sp³-hybridized carbons (Fsp3) is 0.462. The monoisotopic (exact) mass is 330 g/mol. The van der Waals surface area contributed by atoms with Gasteiger partial charge in [0, 0.05) is 18.2 Å². The summed E-state index contributed by atoms with van der Waals surface area (Å²) in [5.74, 6) is -1.28.